The van der Waals surface area contributed by atoms with E-state index in [1.54, 1.807) is 4.91 Å². The quantitative estimate of drug-likeness (QED) is 0.568. The molecule has 0 N–H and O–H groups in total. The minimum absolute atomic E-state index is 1.25. The lowest BCUT2D eigenvalue weighted by molar-refractivity contribution is 0.913. The van der Waals surface area contributed by atoms with E-state index in [0.717, 1.165) is 0 Å². The molecule has 0 aromatic rings. The number of allylic oxidation sites excluding steroid dienone is 3. The lowest BCUT2D eigenvalue weighted by Gasteiger charge is -1.95. The molecule has 0 fully saturated rings. The fraction of sp³-hybridized carbons (Fsp3) is 0.500. The predicted molar refractivity (Wildman–Crippen MR) is 44.6 cm³/mol. The molecule has 0 amide bonds. The molecule has 0 spiro atoms. The monoisotopic (exact) mass is 140 g/mol. The third kappa shape index (κ3) is 1.39. The van der Waals surface area contributed by atoms with E-state index in [1.165, 1.54) is 24.8 Å². The van der Waals surface area contributed by atoms with Gasteiger partial charge < -0.3 is 0 Å². The third-order valence-corrected chi connectivity index (χ3v) is 2.66. The summed E-state index contributed by atoms with van der Waals surface area (Å²) in [5.41, 5.74) is 1.47. The molecule has 0 bridgehead atoms. The predicted octanol–water partition coefficient (Wildman–Crippen LogP) is 2.97. The standard InChI is InChI=1S/C8H12S/c1-3-7-5-4-6-8(7)9-2/h3H,1,4-6H2,2H3. The zero-order valence-corrected chi connectivity index (χ0v) is 6.63. The van der Waals surface area contributed by atoms with Gasteiger partial charge in [-0.05, 0) is 36.0 Å². The van der Waals surface area contributed by atoms with Crippen LogP contribution in [0.15, 0.2) is 23.1 Å². The molecule has 0 saturated heterocycles. The Kier molecular flexibility index (Phi) is 2.40. The van der Waals surface area contributed by atoms with Crippen molar-refractivity contribution in [3.05, 3.63) is 23.1 Å². The largest absolute Gasteiger partial charge is 0.134 e. The van der Waals surface area contributed by atoms with Crippen molar-refractivity contribution < 1.29 is 0 Å². The second kappa shape index (κ2) is 3.11. The minimum atomic E-state index is 1.25. The summed E-state index contributed by atoms with van der Waals surface area (Å²) in [6, 6.07) is 0. The van der Waals surface area contributed by atoms with Crippen LogP contribution < -0.4 is 0 Å². The van der Waals surface area contributed by atoms with E-state index in [4.69, 9.17) is 0 Å². The molecule has 0 aromatic carbocycles. The first-order chi connectivity index (χ1) is 4.38. The van der Waals surface area contributed by atoms with Crippen LogP contribution >= 0.6 is 11.8 Å². The second-order valence-electron chi connectivity index (χ2n) is 2.21. The lowest BCUT2D eigenvalue weighted by Crippen LogP contribution is -1.70. The van der Waals surface area contributed by atoms with Gasteiger partial charge in [0, 0.05) is 0 Å². The van der Waals surface area contributed by atoms with Crippen LogP contribution in [0.1, 0.15) is 19.3 Å². The SMILES string of the molecule is C=CC1=C(SC)CCC1. The Balaban J connectivity index is 2.69. The molecule has 0 nitrogen and oxygen atoms in total. The molecule has 50 valence electrons. The van der Waals surface area contributed by atoms with Gasteiger partial charge in [0.15, 0.2) is 0 Å². The number of thioether (sulfide) groups is 1. The zero-order valence-electron chi connectivity index (χ0n) is 5.81. The van der Waals surface area contributed by atoms with Crippen molar-refractivity contribution in [3.63, 3.8) is 0 Å². The molecule has 0 aliphatic heterocycles. The Bertz CT molecular complexity index is 145. The molecule has 1 aliphatic rings. The molecule has 1 heteroatoms. The van der Waals surface area contributed by atoms with Gasteiger partial charge in [-0.2, -0.15) is 0 Å². The van der Waals surface area contributed by atoms with E-state index >= 15 is 0 Å². The van der Waals surface area contributed by atoms with E-state index < -0.39 is 0 Å². The topological polar surface area (TPSA) is 0 Å². The summed E-state index contributed by atoms with van der Waals surface area (Å²) >= 11 is 1.87. The molecule has 0 heterocycles. The fourth-order valence-corrected chi connectivity index (χ4v) is 1.98. The summed E-state index contributed by atoms with van der Waals surface area (Å²) in [4.78, 5) is 1.55. The average molecular weight is 140 g/mol. The summed E-state index contributed by atoms with van der Waals surface area (Å²) in [7, 11) is 0. The molecule has 9 heavy (non-hydrogen) atoms. The van der Waals surface area contributed by atoms with Gasteiger partial charge in [-0.3, -0.25) is 0 Å². The lowest BCUT2D eigenvalue weighted by atomic mass is 10.2. The van der Waals surface area contributed by atoms with Gasteiger partial charge in [0.05, 0.1) is 0 Å². The minimum Gasteiger partial charge on any atom is -0.134 e. The summed E-state index contributed by atoms with van der Waals surface area (Å²) in [6.07, 6.45) is 8.00. The molecule has 0 unspecified atom stereocenters. The average Bonchev–Trinajstić information content (AvgIpc) is 2.33. The van der Waals surface area contributed by atoms with E-state index in [0.29, 0.717) is 0 Å². The highest BCUT2D eigenvalue weighted by atomic mass is 32.2. The highest BCUT2D eigenvalue weighted by Crippen LogP contribution is 2.32. The number of rotatable bonds is 2. The maximum Gasteiger partial charge on any atom is -0.0123 e. The van der Waals surface area contributed by atoms with Crippen molar-refractivity contribution in [3.8, 4) is 0 Å². The van der Waals surface area contributed by atoms with Crippen LogP contribution in [0.5, 0.6) is 0 Å². The summed E-state index contributed by atoms with van der Waals surface area (Å²) in [6.45, 7) is 3.77. The van der Waals surface area contributed by atoms with Crippen molar-refractivity contribution in [2.24, 2.45) is 0 Å². The van der Waals surface area contributed by atoms with Gasteiger partial charge in [-0.1, -0.05) is 12.7 Å². The zero-order chi connectivity index (χ0) is 6.69. The van der Waals surface area contributed by atoms with Crippen LogP contribution in [0.2, 0.25) is 0 Å². The van der Waals surface area contributed by atoms with Gasteiger partial charge >= 0.3 is 0 Å². The van der Waals surface area contributed by atoms with Crippen LogP contribution in [0.4, 0.5) is 0 Å². The summed E-state index contributed by atoms with van der Waals surface area (Å²) < 4.78 is 0. The van der Waals surface area contributed by atoms with Gasteiger partial charge in [-0.25, -0.2) is 0 Å². The molecular weight excluding hydrogens is 128 g/mol. The van der Waals surface area contributed by atoms with Crippen LogP contribution in [0, 0.1) is 0 Å². The van der Waals surface area contributed by atoms with Crippen LogP contribution in [0.3, 0.4) is 0 Å². The van der Waals surface area contributed by atoms with Crippen LogP contribution in [-0.4, -0.2) is 6.26 Å². The smallest absolute Gasteiger partial charge is 0.0123 e. The normalized spacial score (nSPS) is 18.8. The molecular formula is C8H12S. The summed E-state index contributed by atoms with van der Waals surface area (Å²) in [5, 5.41) is 0. The van der Waals surface area contributed by atoms with E-state index in [1.807, 2.05) is 17.8 Å². The Labute approximate surface area is 61.0 Å². The molecule has 1 aliphatic carbocycles. The Morgan fingerprint density at radius 1 is 1.56 bits per heavy atom. The number of hydrogen-bond acceptors (Lipinski definition) is 1. The maximum absolute atomic E-state index is 3.77. The molecule has 1 rings (SSSR count). The fourth-order valence-electron chi connectivity index (χ4n) is 1.19. The van der Waals surface area contributed by atoms with Crippen molar-refractivity contribution in [1.82, 2.24) is 0 Å². The number of hydrogen-bond donors (Lipinski definition) is 0. The molecule has 0 atom stereocenters. The van der Waals surface area contributed by atoms with Crippen LogP contribution in [0.25, 0.3) is 0 Å². The van der Waals surface area contributed by atoms with Crippen LogP contribution in [-0.2, 0) is 0 Å². The maximum atomic E-state index is 3.77. The highest BCUT2D eigenvalue weighted by molar-refractivity contribution is 8.02. The first-order valence-corrected chi connectivity index (χ1v) is 4.49. The van der Waals surface area contributed by atoms with Crippen molar-refractivity contribution in [1.29, 1.82) is 0 Å². The first kappa shape index (κ1) is 6.94. The highest BCUT2D eigenvalue weighted by Gasteiger charge is 2.09. The van der Waals surface area contributed by atoms with Gasteiger partial charge in [-0.15, -0.1) is 11.8 Å². The Morgan fingerprint density at radius 2 is 2.33 bits per heavy atom. The molecule has 0 radical (unpaired) electrons. The van der Waals surface area contributed by atoms with E-state index in [2.05, 4.69) is 12.8 Å². The summed E-state index contributed by atoms with van der Waals surface area (Å²) in [5.74, 6) is 0. The third-order valence-electron chi connectivity index (χ3n) is 1.70. The second-order valence-corrected chi connectivity index (χ2v) is 3.11. The first-order valence-electron chi connectivity index (χ1n) is 3.27. The Hall–Kier alpha value is -0.170. The molecule has 0 aromatic heterocycles. The van der Waals surface area contributed by atoms with Gasteiger partial charge in [0.1, 0.15) is 0 Å². The Morgan fingerprint density at radius 3 is 2.78 bits per heavy atom. The van der Waals surface area contributed by atoms with Crippen molar-refractivity contribution in [2.45, 2.75) is 19.3 Å². The van der Waals surface area contributed by atoms with Gasteiger partial charge in [0.2, 0.25) is 0 Å². The van der Waals surface area contributed by atoms with Crippen molar-refractivity contribution >= 4 is 11.8 Å². The van der Waals surface area contributed by atoms with Gasteiger partial charge in [0.25, 0.3) is 0 Å². The molecule has 0 saturated carbocycles. The van der Waals surface area contributed by atoms with E-state index in [-0.39, 0.29) is 0 Å². The van der Waals surface area contributed by atoms with E-state index in [9.17, 15) is 0 Å². The van der Waals surface area contributed by atoms with Crippen molar-refractivity contribution in [2.75, 3.05) is 6.26 Å².